The van der Waals surface area contributed by atoms with Crippen molar-refractivity contribution in [3.05, 3.63) is 35.4 Å². The summed E-state index contributed by atoms with van der Waals surface area (Å²) in [5.41, 5.74) is 2.47. The molecule has 1 N–H and O–H groups in total. The molecule has 3 rings (SSSR count). The van der Waals surface area contributed by atoms with Crippen LogP contribution in [0.2, 0.25) is 0 Å². The standard InChI is InChI=1S/C17H25N3O/c1-14-7-3-4-8-15(14)17-18-13-16(21)20(17)12-11-19-9-5-2-6-10-19/h3-4,7-8,17-18H,2,5-6,9-13H2,1H3. The van der Waals surface area contributed by atoms with E-state index < -0.39 is 0 Å². The zero-order valence-corrected chi connectivity index (χ0v) is 12.8. The normalized spacial score (nSPS) is 23.8. The van der Waals surface area contributed by atoms with Crippen LogP contribution in [0.25, 0.3) is 0 Å². The Morgan fingerprint density at radius 3 is 2.67 bits per heavy atom. The van der Waals surface area contributed by atoms with Crippen LogP contribution in [0.3, 0.4) is 0 Å². The lowest BCUT2D eigenvalue weighted by Gasteiger charge is -2.31. The van der Waals surface area contributed by atoms with Crippen molar-refractivity contribution in [1.29, 1.82) is 0 Å². The quantitative estimate of drug-likeness (QED) is 0.919. The van der Waals surface area contributed by atoms with Crippen LogP contribution < -0.4 is 5.32 Å². The van der Waals surface area contributed by atoms with E-state index in [1.54, 1.807) is 0 Å². The summed E-state index contributed by atoms with van der Waals surface area (Å²) in [6.45, 7) is 6.76. The Bertz CT molecular complexity index is 497. The maximum Gasteiger partial charge on any atom is 0.238 e. The molecule has 1 aromatic carbocycles. The summed E-state index contributed by atoms with van der Waals surface area (Å²) in [6.07, 6.45) is 4.00. The van der Waals surface area contributed by atoms with Crippen LogP contribution in [0.15, 0.2) is 24.3 Å². The monoisotopic (exact) mass is 287 g/mol. The third-order valence-electron chi connectivity index (χ3n) is 4.67. The average molecular weight is 287 g/mol. The third-order valence-corrected chi connectivity index (χ3v) is 4.67. The Balaban J connectivity index is 1.66. The highest BCUT2D eigenvalue weighted by molar-refractivity contribution is 5.81. The number of hydrogen-bond donors (Lipinski definition) is 1. The molecule has 0 radical (unpaired) electrons. The molecule has 4 nitrogen and oxygen atoms in total. The first kappa shape index (κ1) is 14.5. The van der Waals surface area contributed by atoms with Crippen molar-refractivity contribution in [1.82, 2.24) is 15.1 Å². The van der Waals surface area contributed by atoms with E-state index >= 15 is 0 Å². The lowest BCUT2D eigenvalue weighted by Crippen LogP contribution is -2.40. The van der Waals surface area contributed by atoms with Gasteiger partial charge in [-0.05, 0) is 44.0 Å². The van der Waals surface area contributed by atoms with E-state index in [9.17, 15) is 4.79 Å². The Morgan fingerprint density at radius 2 is 1.90 bits per heavy atom. The smallest absolute Gasteiger partial charge is 0.238 e. The lowest BCUT2D eigenvalue weighted by molar-refractivity contribution is -0.128. The maximum atomic E-state index is 12.2. The van der Waals surface area contributed by atoms with Gasteiger partial charge in [0.2, 0.25) is 5.91 Å². The van der Waals surface area contributed by atoms with E-state index in [0.717, 1.165) is 13.1 Å². The fraction of sp³-hybridized carbons (Fsp3) is 0.588. The van der Waals surface area contributed by atoms with Crippen LogP contribution in [0.1, 0.15) is 36.6 Å². The van der Waals surface area contributed by atoms with Gasteiger partial charge in [-0.1, -0.05) is 30.7 Å². The van der Waals surface area contributed by atoms with Gasteiger partial charge in [0.15, 0.2) is 0 Å². The van der Waals surface area contributed by atoms with Gasteiger partial charge in [-0.25, -0.2) is 0 Å². The first-order valence-electron chi connectivity index (χ1n) is 8.06. The molecule has 0 bridgehead atoms. The van der Waals surface area contributed by atoms with E-state index in [2.05, 4.69) is 35.3 Å². The summed E-state index contributed by atoms with van der Waals surface area (Å²) in [7, 11) is 0. The molecule has 2 heterocycles. The predicted molar refractivity (Wildman–Crippen MR) is 83.9 cm³/mol. The second kappa shape index (κ2) is 6.58. The van der Waals surface area contributed by atoms with E-state index in [4.69, 9.17) is 0 Å². The van der Waals surface area contributed by atoms with E-state index in [0.29, 0.717) is 6.54 Å². The Hall–Kier alpha value is -1.39. The Kier molecular flexibility index (Phi) is 4.56. The topological polar surface area (TPSA) is 35.6 Å². The first-order valence-corrected chi connectivity index (χ1v) is 8.06. The molecule has 0 aromatic heterocycles. The maximum absolute atomic E-state index is 12.2. The SMILES string of the molecule is Cc1ccccc1C1NCC(=O)N1CCN1CCCCC1. The van der Waals surface area contributed by atoms with Crippen molar-refractivity contribution in [3.8, 4) is 0 Å². The van der Waals surface area contributed by atoms with E-state index in [1.165, 1.54) is 43.5 Å². The second-order valence-corrected chi connectivity index (χ2v) is 6.13. The summed E-state index contributed by atoms with van der Waals surface area (Å²) in [6, 6.07) is 8.34. The van der Waals surface area contributed by atoms with Gasteiger partial charge in [0.1, 0.15) is 6.17 Å². The van der Waals surface area contributed by atoms with Crippen LogP contribution in [-0.4, -0.2) is 48.4 Å². The van der Waals surface area contributed by atoms with Gasteiger partial charge in [0, 0.05) is 13.1 Å². The minimum absolute atomic E-state index is 0.0449. The van der Waals surface area contributed by atoms with Gasteiger partial charge in [-0.2, -0.15) is 0 Å². The molecular formula is C17H25N3O. The molecule has 2 saturated heterocycles. The highest BCUT2D eigenvalue weighted by Gasteiger charge is 2.32. The number of carbonyl (C=O) groups excluding carboxylic acids is 1. The number of likely N-dealkylation sites (tertiary alicyclic amines) is 1. The highest BCUT2D eigenvalue weighted by Crippen LogP contribution is 2.25. The molecule has 2 aliphatic heterocycles. The average Bonchev–Trinajstić information content (AvgIpc) is 2.88. The molecule has 0 aliphatic carbocycles. The largest absolute Gasteiger partial charge is 0.321 e. The number of aryl methyl sites for hydroxylation is 1. The van der Waals surface area contributed by atoms with Gasteiger partial charge in [0.25, 0.3) is 0 Å². The molecule has 21 heavy (non-hydrogen) atoms. The molecule has 0 saturated carbocycles. The number of nitrogens with zero attached hydrogens (tertiary/aromatic N) is 2. The second-order valence-electron chi connectivity index (χ2n) is 6.13. The molecule has 1 atom stereocenters. The molecule has 0 spiro atoms. The highest BCUT2D eigenvalue weighted by atomic mass is 16.2. The molecule has 114 valence electrons. The molecule has 1 aromatic rings. The molecule has 4 heteroatoms. The van der Waals surface area contributed by atoms with Crippen LogP contribution in [0, 0.1) is 6.92 Å². The fourth-order valence-corrected chi connectivity index (χ4v) is 3.40. The zero-order chi connectivity index (χ0) is 14.7. The van der Waals surface area contributed by atoms with Crippen LogP contribution >= 0.6 is 0 Å². The molecule has 2 aliphatic rings. The van der Waals surface area contributed by atoms with Gasteiger partial charge < -0.3 is 9.80 Å². The van der Waals surface area contributed by atoms with Crippen LogP contribution in [0.4, 0.5) is 0 Å². The lowest BCUT2D eigenvalue weighted by atomic mass is 10.1. The number of nitrogens with one attached hydrogen (secondary N) is 1. The van der Waals surface area contributed by atoms with E-state index in [1.807, 2.05) is 11.0 Å². The van der Waals surface area contributed by atoms with Gasteiger partial charge in [-0.3, -0.25) is 10.1 Å². The van der Waals surface area contributed by atoms with Crippen molar-refractivity contribution in [2.75, 3.05) is 32.7 Å². The van der Waals surface area contributed by atoms with Gasteiger partial charge in [0.05, 0.1) is 6.54 Å². The summed E-state index contributed by atoms with van der Waals surface area (Å²) >= 11 is 0. The molecule has 1 amide bonds. The number of rotatable bonds is 4. The number of piperidine rings is 1. The Labute approximate surface area is 127 Å². The summed E-state index contributed by atoms with van der Waals surface area (Å²) in [4.78, 5) is 16.7. The predicted octanol–water partition coefficient (Wildman–Crippen LogP) is 1.91. The molecular weight excluding hydrogens is 262 g/mol. The van der Waals surface area contributed by atoms with Crippen molar-refractivity contribution in [2.45, 2.75) is 32.4 Å². The first-order chi connectivity index (χ1) is 10.3. The van der Waals surface area contributed by atoms with Gasteiger partial charge >= 0.3 is 0 Å². The number of amides is 1. The third kappa shape index (κ3) is 3.27. The zero-order valence-electron chi connectivity index (χ0n) is 12.8. The summed E-state index contributed by atoms with van der Waals surface area (Å²) in [5.74, 6) is 0.222. The van der Waals surface area contributed by atoms with Crippen LogP contribution in [-0.2, 0) is 4.79 Å². The summed E-state index contributed by atoms with van der Waals surface area (Å²) in [5, 5.41) is 3.36. The summed E-state index contributed by atoms with van der Waals surface area (Å²) < 4.78 is 0. The van der Waals surface area contributed by atoms with E-state index in [-0.39, 0.29) is 12.1 Å². The van der Waals surface area contributed by atoms with Gasteiger partial charge in [-0.15, -0.1) is 0 Å². The van der Waals surface area contributed by atoms with Crippen molar-refractivity contribution >= 4 is 5.91 Å². The van der Waals surface area contributed by atoms with Crippen molar-refractivity contribution in [3.63, 3.8) is 0 Å². The minimum Gasteiger partial charge on any atom is -0.321 e. The van der Waals surface area contributed by atoms with Crippen molar-refractivity contribution in [2.24, 2.45) is 0 Å². The van der Waals surface area contributed by atoms with Crippen LogP contribution in [0.5, 0.6) is 0 Å². The molecule has 1 unspecified atom stereocenters. The number of carbonyl (C=O) groups is 1. The molecule has 2 fully saturated rings. The number of benzene rings is 1. The minimum atomic E-state index is 0.0449. The Morgan fingerprint density at radius 1 is 1.14 bits per heavy atom. The van der Waals surface area contributed by atoms with Crippen molar-refractivity contribution < 1.29 is 4.79 Å². The number of hydrogen-bond acceptors (Lipinski definition) is 3. The fourth-order valence-electron chi connectivity index (χ4n) is 3.40.